The van der Waals surface area contributed by atoms with Gasteiger partial charge in [-0.3, -0.25) is 9.48 Å². The molecule has 3 heterocycles. The van der Waals surface area contributed by atoms with E-state index in [4.69, 9.17) is 14.2 Å². The van der Waals surface area contributed by atoms with E-state index in [1.54, 1.807) is 11.8 Å². The van der Waals surface area contributed by atoms with Crippen molar-refractivity contribution in [1.82, 2.24) is 9.78 Å². The summed E-state index contributed by atoms with van der Waals surface area (Å²) >= 11 is 0. The molecule has 1 amide bonds. The molecule has 4 rings (SSSR count). The average molecular weight is 315 g/mol. The number of aryl methyl sites for hydroxylation is 1. The van der Waals surface area contributed by atoms with Gasteiger partial charge in [0.15, 0.2) is 17.3 Å². The van der Waals surface area contributed by atoms with E-state index >= 15 is 0 Å². The summed E-state index contributed by atoms with van der Waals surface area (Å²) in [5.74, 6) is 2.37. The number of ether oxygens (including phenoxy) is 3. The Balaban J connectivity index is 1.87. The minimum atomic E-state index is -0.0872. The summed E-state index contributed by atoms with van der Waals surface area (Å²) in [5.41, 5.74) is 3.02. The Labute approximate surface area is 133 Å². The van der Waals surface area contributed by atoms with Crippen molar-refractivity contribution in [3.8, 4) is 17.2 Å². The average Bonchev–Trinajstić information content (AvgIpc) is 3.10. The van der Waals surface area contributed by atoms with Crippen LogP contribution in [0.5, 0.6) is 17.2 Å². The van der Waals surface area contributed by atoms with Crippen molar-refractivity contribution in [2.24, 2.45) is 7.05 Å². The molecule has 7 heteroatoms. The van der Waals surface area contributed by atoms with Crippen LogP contribution in [0.15, 0.2) is 12.1 Å². The topological polar surface area (TPSA) is 74.6 Å². The molecule has 1 unspecified atom stereocenters. The lowest BCUT2D eigenvalue weighted by atomic mass is 9.85. The summed E-state index contributed by atoms with van der Waals surface area (Å²) < 4.78 is 18.1. The van der Waals surface area contributed by atoms with E-state index in [9.17, 15) is 4.79 Å². The Morgan fingerprint density at radius 1 is 1.39 bits per heavy atom. The Kier molecular flexibility index (Phi) is 2.97. The highest BCUT2D eigenvalue weighted by Crippen LogP contribution is 2.46. The van der Waals surface area contributed by atoms with E-state index in [2.05, 4.69) is 10.4 Å². The molecule has 7 nitrogen and oxygen atoms in total. The summed E-state index contributed by atoms with van der Waals surface area (Å²) in [5, 5.41) is 7.23. The SMILES string of the molecule is COc1cc(C2CC(=O)Nc3nn(C)c(C)c32)cc2c1OCO2. The molecule has 2 aromatic rings. The number of hydrogen-bond acceptors (Lipinski definition) is 5. The van der Waals surface area contributed by atoms with Crippen LogP contribution in [-0.2, 0) is 11.8 Å². The van der Waals surface area contributed by atoms with Gasteiger partial charge in [0.05, 0.1) is 7.11 Å². The summed E-state index contributed by atoms with van der Waals surface area (Å²) in [6.45, 7) is 2.18. The zero-order valence-corrected chi connectivity index (χ0v) is 13.2. The van der Waals surface area contributed by atoms with E-state index in [1.165, 1.54) is 0 Å². The standard InChI is InChI=1S/C16H17N3O4/c1-8-14-10(6-13(20)17-16(14)18-19(8)2)9-4-11(21-3)15-12(5-9)22-7-23-15/h4-5,10H,6-7H2,1-3H3,(H,17,18,20). The molecule has 0 saturated heterocycles. The van der Waals surface area contributed by atoms with Gasteiger partial charge < -0.3 is 19.5 Å². The molecule has 0 bridgehead atoms. The number of anilines is 1. The highest BCUT2D eigenvalue weighted by Gasteiger charge is 2.33. The molecule has 0 aliphatic carbocycles. The number of nitrogens with zero attached hydrogens (tertiary/aromatic N) is 2. The summed E-state index contributed by atoms with van der Waals surface area (Å²) in [7, 11) is 3.46. The second-order valence-corrected chi connectivity index (χ2v) is 5.73. The van der Waals surface area contributed by atoms with Crippen molar-refractivity contribution in [2.45, 2.75) is 19.3 Å². The Bertz CT molecular complexity index is 812. The predicted octanol–water partition coefficient (Wildman–Crippen LogP) is 1.94. The fourth-order valence-corrected chi connectivity index (χ4v) is 3.24. The van der Waals surface area contributed by atoms with Crippen LogP contribution in [0, 0.1) is 6.92 Å². The lowest BCUT2D eigenvalue weighted by Gasteiger charge is -2.23. The lowest BCUT2D eigenvalue weighted by molar-refractivity contribution is -0.116. The van der Waals surface area contributed by atoms with Gasteiger partial charge in [-0.15, -0.1) is 0 Å². The van der Waals surface area contributed by atoms with E-state index in [0.717, 1.165) is 16.8 Å². The number of nitrogens with one attached hydrogen (secondary N) is 1. The molecule has 2 aliphatic rings. The first-order chi connectivity index (χ1) is 11.1. The van der Waals surface area contributed by atoms with Crippen molar-refractivity contribution in [3.63, 3.8) is 0 Å². The second kappa shape index (κ2) is 4.91. The first-order valence-corrected chi connectivity index (χ1v) is 7.39. The highest BCUT2D eigenvalue weighted by molar-refractivity contribution is 5.94. The third-order valence-electron chi connectivity index (χ3n) is 4.46. The van der Waals surface area contributed by atoms with Gasteiger partial charge >= 0.3 is 0 Å². The van der Waals surface area contributed by atoms with E-state index < -0.39 is 0 Å². The van der Waals surface area contributed by atoms with Crippen molar-refractivity contribution in [2.75, 3.05) is 19.2 Å². The molecule has 120 valence electrons. The predicted molar refractivity (Wildman–Crippen MR) is 82.2 cm³/mol. The molecule has 2 aliphatic heterocycles. The van der Waals surface area contributed by atoms with Crippen LogP contribution >= 0.6 is 0 Å². The summed E-state index contributed by atoms with van der Waals surface area (Å²) in [4.78, 5) is 12.1. The molecule has 0 fully saturated rings. The number of carbonyl (C=O) groups is 1. The summed E-state index contributed by atoms with van der Waals surface area (Å²) in [6, 6.07) is 3.83. The number of hydrogen-bond donors (Lipinski definition) is 1. The molecule has 23 heavy (non-hydrogen) atoms. The van der Waals surface area contributed by atoms with Crippen LogP contribution in [0.2, 0.25) is 0 Å². The van der Waals surface area contributed by atoms with Gasteiger partial charge in [-0.1, -0.05) is 0 Å². The number of methoxy groups -OCH3 is 1. The molecule has 0 radical (unpaired) electrons. The molecule has 0 saturated carbocycles. The molecular weight excluding hydrogens is 298 g/mol. The molecule has 1 N–H and O–H groups in total. The number of rotatable bonds is 2. The van der Waals surface area contributed by atoms with Gasteiger partial charge in [0.25, 0.3) is 0 Å². The fourth-order valence-electron chi connectivity index (χ4n) is 3.24. The van der Waals surface area contributed by atoms with Crippen molar-refractivity contribution >= 4 is 11.7 Å². The number of amides is 1. The Hall–Kier alpha value is -2.70. The first-order valence-electron chi connectivity index (χ1n) is 7.39. The molecule has 1 atom stereocenters. The maximum atomic E-state index is 12.1. The largest absolute Gasteiger partial charge is 0.493 e. The molecule has 0 spiro atoms. The zero-order valence-electron chi connectivity index (χ0n) is 13.2. The van der Waals surface area contributed by atoms with Crippen LogP contribution in [-0.4, -0.2) is 29.6 Å². The zero-order chi connectivity index (χ0) is 16.1. The van der Waals surface area contributed by atoms with Gasteiger partial charge in [-0.05, 0) is 24.6 Å². The van der Waals surface area contributed by atoms with Crippen LogP contribution in [0.3, 0.4) is 0 Å². The van der Waals surface area contributed by atoms with Crippen LogP contribution in [0.4, 0.5) is 5.82 Å². The van der Waals surface area contributed by atoms with Crippen LogP contribution < -0.4 is 19.5 Å². The quantitative estimate of drug-likeness (QED) is 0.916. The van der Waals surface area contributed by atoms with E-state index in [0.29, 0.717) is 29.5 Å². The van der Waals surface area contributed by atoms with Gasteiger partial charge in [-0.25, -0.2) is 0 Å². The monoisotopic (exact) mass is 315 g/mol. The lowest BCUT2D eigenvalue weighted by Crippen LogP contribution is -2.23. The maximum Gasteiger partial charge on any atom is 0.231 e. The van der Waals surface area contributed by atoms with Gasteiger partial charge in [0, 0.05) is 30.6 Å². The van der Waals surface area contributed by atoms with Crippen molar-refractivity contribution in [1.29, 1.82) is 0 Å². The third kappa shape index (κ3) is 2.03. The number of benzene rings is 1. The minimum absolute atomic E-state index is 0.0442. The third-order valence-corrected chi connectivity index (χ3v) is 4.46. The van der Waals surface area contributed by atoms with Gasteiger partial charge in [0.2, 0.25) is 18.4 Å². The van der Waals surface area contributed by atoms with Gasteiger partial charge in [-0.2, -0.15) is 5.10 Å². The Morgan fingerprint density at radius 2 is 2.22 bits per heavy atom. The normalized spacial score (nSPS) is 18.6. The first kappa shape index (κ1) is 13.9. The van der Waals surface area contributed by atoms with Gasteiger partial charge in [0.1, 0.15) is 0 Å². The maximum absolute atomic E-state index is 12.1. The van der Waals surface area contributed by atoms with Crippen LogP contribution in [0.25, 0.3) is 0 Å². The van der Waals surface area contributed by atoms with Crippen molar-refractivity contribution < 1.29 is 19.0 Å². The smallest absolute Gasteiger partial charge is 0.231 e. The fraction of sp³-hybridized carbons (Fsp3) is 0.375. The Morgan fingerprint density at radius 3 is 3.00 bits per heavy atom. The summed E-state index contributed by atoms with van der Waals surface area (Å²) in [6.07, 6.45) is 0.363. The second-order valence-electron chi connectivity index (χ2n) is 5.73. The number of carbonyl (C=O) groups excluding carboxylic acids is 1. The number of aromatic nitrogens is 2. The molecule has 1 aromatic heterocycles. The van der Waals surface area contributed by atoms with Crippen molar-refractivity contribution in [3.05, 3.63) is 29.0 Å². The molecular formula is C16H17N3O4. The van der Waals surface area contributed by atoms with E-state index in [-0.39, 0.29) is 18.6 Å². The highest BCUT2D eigenvalue weighted by atomic mass is 16.7. The molecule has 1 aromatic carbocycles. The van der Waals surface area contributed by atoms with E-state index in [1.807, 2.05) is 26.1 Å². The van der Waals surface area contributed by atoms with Crippen LogP contribution in [0.1, 0.15) is 29.2 Å². The minimum Gasteiger partial charge on any atom is -0.493 e. The number of fused-ring (bicyclic) bond motifs is 2.